The molecule has 0 aliphatic heterocycles. The summed E-state index contributed by atoms with van der Waals surface area (Å²) in [6, 6.07) is 61.4. The first-order chi connectivity index (χ1) is 22.6. The minimum absolute atomic E-state index is 1.13. The molecule has 46 heavy (non-hydrogen) atoms. The van der Waals surface area contributed by atoms with Crippen molar-refractivity contribution < 1.29 is 0 Å². The summed E-state index contributed by atoms with van der Waals surface area (Å²) < 4.78 is 0. The maximum absolute atomic E-state index is 2.34. The molecule has 0 spiro atoms. The van der Waals surface area contributed by atoms with E-state index < -0.39 is 0 Å². The van der Waals surface area contributed by atoms with Crippen molar-refractivity contribution in [2.75, 3.05) is 16.8 Å². The van der Waals surface area contributed by atoms with Crippen LogP contribution in [-0.4, -0.2) is 7.05 Å². The predicted octanol–water partition coefficient (Wildman–Crippen LogP) is 12.4. The van der Waals surface area contributed by atoms with Gasteiger partial charge in [0, 0.05) is 35.2 Å². The lowest BCUT2D eigenvalue weighted by Gasteiger charge is -2.27. The van der Waals surface area contributed by atoms with Gasteiger partial charge in [0.2, 0.25) is 0 Å². The molecule has 0 saturated heterocycles. The summed E-state index contributed by atoms with van der Waals surface area (Å²) in [5, 5.41) is 7.59. The Labute approximate surface area is 270 Å². The van der Waals surface area contributed by atoms with Crippen molar-refractivity contribution in [3.05, 3.63) is 175 Å². The van der Waals surface area contributed by atoms with Crippen LogP contribution in [-0.2, 0) is 0 Å². The first-order valence-corrected chi connectivity index (χ1v) is 15.8. The minimum Gasteiger partial charge on any atom is -0.345 e. The smallest absolute Gasteiger partial charge is 0.0540 e. The number of aryl methyl sites for hydroxylation is 1. The number of anilines is 5. The second-order valence-electron chi connectivity index (χ2n) is 12.0. The molecular formula is C44H34N2. The van der Waals surface area contributed by atoms with E-state index in [2.05, 4.69) is 194 Å². The van der Waals surface area contributed by atoms with E-state index in [4.69, 9.17) is 0 Å². The molecule has 0 saturated carbocycles. The molecule has 0 fully saturated rings. The fourth-order valence-electron chi connectivity index (χ4n) is 6.61. The van der Waals surface area contributed by atoms with Gasteiger partial charge in [-0.05, 0) is 117 Å². The van der Waals surface area contributed by atoms with Gasteiger partial charge in [-0.2, -0.15) is 0 Å². The molecule has 8 aromatic carbocycles. The van der Waals surface area contributed by atoms with Gasteiger partial charge in [0.05, 0.1) is 5.69 Å². The van der Waals surface area contributed by atoms with Gasteiger partial charge in [0.1, 0.15) is 0 Å². The summed E-state index contributed by atoms with van der Waals surface area (Å²) in [6.07, 6.45) is 0. The van der Waals surface area contributed by atoms with Crippen LogP contribution >= 0.6 is 0 Å². The molecule has 0 amide bonds. The summed E-state index contributed by atoms with van der Waals surface area (Å²) in [7, 11) is 2.14. The van der Waals surface area contributed by atoms with Gasteiger partial charge < -0.3 is 9.80 Å². The quantitative estimate of drug-likeness (QED) is 0.178. The van der Waals surface area contributed by atoms with Crippen LogP contribution in [0.4, 0.5) is 28.4 Å². The van der Waals surface area contributed by atoms with Crippen molar-refractivity contribution in [2.24, 2.45) is 0 Å². The molecule has 2 heteroatoms. The number of fused-ring (bicyclic) bond motifs is 3. The molecule has 0 N–H and O–H groups in total. The second kappa shape index (κ2) is 11.6. The van der Waals surface area contributed by atoms with Gasteiger partial charge in [-0.1, -0.05) is 103 Å². The Bertz CT molecular complexity index is 2320. The van der Waals surface area contributed by atoms with E-state index in [-0.39, 0.29) is 0 Å². The summed E-state index contributed by atoms with van der Waals surface area (Å²) in [5.41, 5.74) is 9.46. The highest BCUT2D eigenvalue weighted by Crippen LogP contribution is 2.39. The Morgan fingerprint density at radius 2 is 0.978 bits per heavy atom. The largest absolute Gasteiger partial charge is 0.345 e. The molecule has 2 nitrogen and oxygen atoms in total. The fraction of sp³-hybridized carbons (Fsp3) is 0.0455. The van der Waals surface area contributed by atoms with E-state index >= 15 is 0 Å². The predicted molar refractivity (Wildman–Crippen MR) is 198 cm³/mol. The third-order valence-corrected chi connectivity index (χ3v) is 9.16. The molecule has 0 heterocycles. The molecule has 0 unspecified atom stereocenters. The second-order valence-corrected chi connectivity index (χ2v) is 12.0. The lowest BCUT2D eigenvalue weighted by atomic mass is 10.00. The van der Waals surface area contributed by atoms with Gasteiger partial charge in [0.25, 0.3) is 0 Å². The van der Waals surface area contributed by atoms with Gasteiger partial charge >= 0.3 is 0 Å². The molecular weight excluding hydrogens is 556 g/mol. The average molecular weight is 591 g/mol. The Kier molecular flexibility index (Phi) is 6.96. The number of hydrogen-bond acceptors (Lipinski definition) is 2. The summed E-state index contributed by atoms with van der Waals surface area (Å²) >= 11 is 0. The average Bonchev–Trinajstić information content (AvgIpc) is 3.12. The highest BCUT2D eigenvalue weighted by atomic mass is 15.1. The number of para-hydroxylation sites is 1. The van der Waals surface area contributed by atoms with Crippen LogP contribution < -0.4 is 9.80 Å². The van der Waals surface area contributed by atoms with E-state index in [1.165, 1.54) is 60.4 Å². The normalized spacial score (nSPS) is 11.3. The SMILES string of the molecule is Cc1cccc2cc3cc(N(C)c4ccc(-c5ccc(N(c6ccccc6)c6cccc7ccccc67)cc5)cc4)ccc3cc12. The molecule has 0 bridgehead atoms. The van der Waals surface area contributed by atoms with Crippen LogP contribution in [0.2, 0.25) is 0 Å². The zero-order valence-corrected chi connectivity index (χ0v) is 26.1. The van der Waals surface area contributed by atoms with Crippen LogP contribution in [0, 0.1) is 6.92 Å². The van der Waals surface area contributed by atoms with E-state index in [1.54, 1.807) is 0 Å². The Morgan fingerprint density at radius 3 is 1.76 bits per heavy atom. The number of rotatable bonds is 6. The molecule has 0 aliphatic carbocycles. The van der Waals surface area contributed by atoms with Crippen LogP contribution in [0.1, 0.15) is 5.56 Å². The van der Waals surface area contributed by atoms with Gasteiger partial charge in [-0.3, -0.25) is 0 Å². The molecule has 0 radical (unpaired) electrons. The fourth-order valence-corrected chi connectivity index (χ4v) is 6.61. The Morgan fingerprint density at radius 1 is 0.370 bits per heavy atom. The monoisotopic (exact) mass is 590 g/mol. The first kappa shape index (κ1) is 27.7. The van der Waals surface area contributed by atoms with Crippen molar-refractivity contribution in [1.29, 1.82) is 0 Å². The number of benzene rings is 8. The number of nitrogens with zero attached hydrogens (tertiary/aromatic N) is 2. The van der Waals surface area contributed by atoms with Gasteiger partial charge in [-0.25, -0.2) is 0 Å². The summed E-state index contributed by atoms with van der Waals surface area (Å²) in [5.74, 6) is 0. The van der Waals surface area contributed by atoms with Crippen molar-refractivity contribution in [1.82, 2.24) is 0 Å². The van der Waals surface area contributed by atoms with Crippen LogP contribution in [0.15, 0.2) is 170 Å². The lowest BCUT2D eigenvalue weighted by Crippen LogP contribution is -2.10. The molecule has 0 atom stereocenters. The molecule has 0 aliphatic rings. The number of hydrogen-bond donors (Lipinski definition) is 0. The maximum atomic E-state index is 2.34. The zero-order valence-electron chi connectivity index (χ0n) is 26.1. The third-order valence-electron chi connectivity index (χ3n) is 9.16. The zero-order chi connectivity index (χ0) is 31.0. The van der Waals surface area contributed by atoms with E-state index in [1.807, 2.05) is 0 Å². The summed E-state index contributed by atoms with van der Waals surface area (Å²) in [4.78, 5) is 4.60. The van der Waals surface area contributed by atoms with E-state index in [9.17, 15) is 0 Å². The van der Waals surface area contributed by atoms with E-state index in [0.717, 1.165) is 17.1 Å². The van der Waals surface area contributed by atoms with Crippen LogP contribution in [0.25, 0.3) is 43.4 Å². The maximum Gasteiger partial charge on any atom is 0.0540 e. The van der Waals surface area contributed by atoms with Gasteiger partial charge in [0.15, 0.2) is 0 Å². The van der Waals surface area contributed by atoms with Crippen molar-refractivity contribution in [3.63, 3.8) is 0 Å². The lowest BCUT2D eigenvalue weighted by molar-refractivity contribution is 1.21. The van der Waals surface area contributed by atoms with Crippen LogP contribution in [0.3, 0.4) is 0 Å². The molecule has 8 rings (SSSR count). The molecule has 220 valence electrons. The topological polar surface area (TPSA) is 6.48 Å². The molecule has 8 aromatic rings. The summed E-state index contributed by atoms with van der Waals surface area (Å²) in [6.45, 7) is 2.18. The molecule has 0 aromatic heterocycles. The Balaban J connectivity index is 1.08. The van der Waals surface area contributed by atoms with Crippen molar-refractivity contribution >= 4 is 60.8 Å². The first-order valence-electron chi connectivity index (χ1n) is 15.8. The third kappa shape index (κ3) is 5.04. The minimum atomic E-state index is 1.13. The highest BCUT2D eigenvalue weighted by molar-refractivity contribution is 6.01. The van der Waals surface area contributed by atoms with Gasteiger partial charge in [-0.15, -0.1) is 0 Å². The van der Waals surface area contributed by atoms with Crippen molar-refractivity contribution in [3.8, 4) is 11.1 Å². The Hall–Kier alpha value is -5.86. The van der Waals surface area contributed by atoms with Crippen molar-refractivity contribution in [2.45, 2.75) is 6.92 Å². The standard InChI is InChI=1S/C44H34N2/c1-31-10-8-13-36-28-37-29-41(27-22-35(37)30-43(31)36)45(2)38-23-18-32(19-24-38)33-20-25-40(26-21-33)46(39-14-4-3-5-15-39)44-17-9-12-34-11-6-7-16-42(34)44/h3-30H,1-2H3. The highest BCUT2D eigenvalue weighted by Gasteiger charge is 2.15. The van der Waals surface area contributed by atoms with E-state index in [0.29, 0.717) is 0 Å². The van der Waals surface area contributed by atoms with Crippen LogP contribution in [0.5, 0.6) is 0 Å².